The van der Waals surface area contributed by atoms with E-state index in [1.807, 2.05) is 30.3 Å². The number of nitrogens with one attached hydrogen (secondary N) is 1. The number of amides is 1. The Morgan fingerprint density at radius 1 is 1.07 bits per heavy atom. The van der Waals surface area contributed by atoms with Crippen molar-refractivity contribution in [2.75, 3.05) is 39.8 Å². The zero-order valence-corrected chi connectivity index (χ0v) is 17.2. The topological polar surface area (TPSA) is 35.6 Å². The first-order valence-electron chi connectivity index (χ1n) is 10.5. The molecule has 4 heteroatoms. The molecule has 0 saturated carbocycles. The average Bonchev–Trinajstić information content (AvgIpc) is 2.74. The Morgan fingerprint density at radius 3 is 2.43 bits per heavy atom. The summed E-state index contributed by atoms with van der Waals surface area (Å²) in [5.41, 5.74) is 2.49. The Balaban J connectivity index is 1.50. The Labute approximate surface area is 169 Å². The van der Waals surface area contributed by atoms with Crippen LogP contribution in [0, 0.1) is 0 Å². The molecule has 1 heterocycles. The molecule has 1 amide bonds. The molecule has 0 bridgehead atoms. The van der Waals surface area contributed by atoms with Crippen molar-refractivity contribution >= 4 is 5.91 Å². The third-order valence-corrected chi connectivity index (χ3v) is 5.73. The zero-order chi connectivity index (χ0) is 19.8. The number of piperazine rings is 1. The van der Waals surface area contributed by atoms with Crippen LogP contribution in [-0.2, 0) is 4.79 Å². The number of carbonyl (C=O) groups excluding carboxylic acids is 1. The molecule has 1 N–H and O–H groups in total. The number of benzene rings is 2. The van der Waals surface area contributed by atoms with Crippen LogP contribution in [0.25, 0.3) is 0 Å². The second-order valence-corrected chi connectivity index (χ2v) is 7.74. The minimum atomic E-state index is -0.0538. The molecule has 3 rings (SSSR count). The lowest BCUT2D eigenvalue weighted by molar-refractivity contribution is -0.122. The van der Waals surface area contributed by atoms with Crippen LogP contribution in [0.3, 0.4) is 0 Å². The molecular formula is C24H33N3O. The SMILES string of the molecule is CC[C@@H](C(=O)NCCCN1CCN(C)C[C@@H]1c1ccccc1)c1ccccc1. The number of likely N-dealkylation sites (N-methyl/N-ethyl adjacent to an activating group) is 1. The molecule has 2 atom stereocenters. The lowest BCUT2D eigenvalue weighted by atomic mass is 9.95. The van der Waals surface area contributed by atoms with Crippen LogP contribution in [0.1, 0.15) is 42.9 Å². The molecular weight excluding hydrogens is 346 g/mol. The van der Waals surface area contributed by atoms with Crippen molar-refractivity contribution in [3.63, 3.8) is 0 Å². The van der Waals surface area contributed by atoms with Crippen molar-refractivity contribution in [3.8, 4) is 0 Å². The standard InChI is InChI=1S/C24H33N3O/c1-3-22(20-11-6-4-7-12-20)24(28)25-15-10-16-27-18-17-26(2)19-23(27)21-13-8-5-9-14-21/h4-9,11-14,22-23H,3,10,15-19H2,1-2H3,(H,25,28)/t22-,23-/m1/s1. The molecule has 1 aliphatic heterocycles. The molecule has 0 aliphatic carbocycles. The van der Waals surface area contributed by atoms with E-state index in [0.29, 0.717) is 6.04 Å². The Kier molecular flexibility index (Phi) is 7.63. The number of carbonyl (C=O) groups is 1. The quantitative estimate of drug-likeness (QED) is 0.711. The van der Waals surface area contributed by atoms with E-state index < -0.39 is 0 Å². The van der Waals surface area contributed by atoms with E-state index in [4.69, 9.17) is 0 Å². The highest BCUT2D eigenvalue weighted by Gasteiger charge is 2.26. The number of nitrogens with zero attached hydrogens (tertiary/aromatic N) is 2. The molecule has 150 valence electrons. The van der Waals surface area contributed by atoms with Gasteiger partial charge in [0.25, 0.3) is 0 Å². The van der Waals surface area contributed by atoms with E-state index in [1.165, 1.54) is 5.56 Å². The first kappa shape index (κ1) is 20.6. The van der Waals surface area contributed by atoms with Gasteiger partial charge >= 0.3 is 0 Å². The molecule has 2 aromatic rings. The van der Waals surface area contributed by atoms with Gasteiger partial charge in [0.15, 0.2) is 0 Å². The predicted octanol–water partition coefficient (Wildman–Crippen LogP) is 3.68. The minimum Gasteiger partial charge on any atom is -0.356 e. The van der Waals surface area contributed by atoms with E-state index in [1.54, 1.807) is 0 Å². The van der Waals surface area contributed by atoms with Crippen molar-refractivity contribution < 1.29 is 4.79 Å². The van der Waals surface area contributed by atoms with Gasteiger partial charge in [-0.15, -0.1) is 0 Å². The number of rotatable bonds is 8. The van der Waals surface area contributed by atoms with Crippen molar-refractivity contribution in [2.45, 2.75) is 31.7 Å². The van der Waals surface area contributed by atoms with E-state index in [0.717, 1.165) is 51.1 Å². The number of hydrogen-bond donors (Lipinski definition) is 1. The highest BCUT2D eigenvalue weighted by molar-refractivity contribution is 5.83. The van der Waals surface area contributed by atoms with Crippen LogP contribution < -0.4 is 5.32 Å². The highest BCUT2D eigenvalue weighted by Crippen LogP contribution is 2.25. The van der Waals surface area contributed by atoms with Crippen LogP contribution in [0.5, 0.6) is 0 Å². The third-order valence-electron chi connectivity index (χ3n) is 5.73. The van der Waals surface area contributed by atoms with Gasteiger partial charge in [-0.3, -0.25) is 9.69 Å². The molecule has 0 spiro atoms. The fourth-order valence-corrected chi connectivity index (χ4v) is 4.09. The van der Waals surface area contributed by atoms with Crippen LogP contribution in [0.4, 0.5) is 0 Å². The van der Waals surface area contributed by atoms with Crippen LogP contribution in [-0.4, -0.2) is 55.5 Å². The highest BCUT2D eigenvalue weighted by atomic mass is 16.1. The molecule has 1 aliphatic rings. The summed E-state index contributed by atoms with van der Waals surface area (Å²) in [5.74, 6) is 0.0913. The van der Waals surface area contributed by atoms with Gasteiger partial charge in [-0.25, -0.2) is 0 Å². The van der Waals surface area contributed by atoms with Crippen molar-refractivity contribution in [2.24, 2.45) is 0 Å². The number of hydrogen-bond acceptors (Lipinski definition) is 3. The maximum Gasteiger partial charge on any atom is 0.227 e. The predicted molar refractivity (Wildman–Crippen MR) is 115 cm³/mol. The third kappa shape index (κ3) is 5.43. The molecule has 4 nitrogen and oxygen atoms in total. The zero-order valence-electron chi connectivity index (χ0n) is 17.2. The monoisotopic (exact) mass is 379 g/mol. The first-order chi connectivity index (χ1) is 13.7. The van der Waals surface area contributed by atoms with Gasteiger partial charge in [0.05, 0.1) is 5.92 Å². The minimum absolute atomic E-state index is 0.0538. The summed E-state index contributed by atoms with van der Waals surface area (Å²) in [6, 6.07) is 21.3. The molecule has 0 aromatic heterocycles. The lowest BCUT2D eigenvalue weighted by Crippen LogP contribution is -2.47. The summed E-state index contributed by atoms with van der Waals surface area (Å²) in [6.07, 6.45) is 1.80. The van der Waals surface area contributed by atoms with Crippen LogP contribution in [0.2, 0.25) is 0 Å². The normalized spacial score (nSPS) is 19.3. The Hall–Kier alpha value is -2.17. The molecule has 28 heavy (non-hydrogen) atoms. The van der Waals surface area contributed by atoms with Gasteiger partial charge in [0.2, 0.25) is 5.91 Å². The van der Waals surface area contributed by atoms with Crippen LogP contribution in [0.15, 0.2) is 60.7 Å². The van der Waals surface area contributed by atoms with Gasteiger partial charge in [-0.2, -0.15) is 0 Å². The summed E-state index contributed by atoms with van der Waals surface area (Å²) in [5, 5.41) is 3.16. The second kappa shape index (κ2) is 10.4. The fraction of sp³-hybridized carbons (Fsp3) is 0.458. The van der Waals surface area contributed by atoms with Gasteiger partial charge in [0.1, 0.15) is 0 Å². The summed E-state index contributed by atoms with van der Waals surface area (Å²) in [6.45, 7) is 7.05. The van der Waals surface area contributed by atoms with Crippen molar-refractivity contribution in [3.05, 3.63) is 71.8 Å². The summed E-state index contributed by atoms with van der Waals surface area (Å²) < 4.78 is 0. The maximum atomic E-state index is 12.6. The molecule has 1 fully saturated rings. The van der Waals surface area contributed by atoms with Crippen molar-refractivity contribution in [1.29, 1.82) is 0 Å². The smallest absolute Gasteiger partial charge is 0.227 e. The summed E-state index contributed by atoms with van der Waals surface area (Å²) in [7, 11) is 2.20. The van der Waals surface area contributed by atoms with Gasteiger partial charge < -0.3 is 10.2 Å². The van der Waals surface area contributed by atoms with Gasteiger partial charge in [-0.05, 0) is 31.0 Å². The van der Waals surface area contributed by atoms with E-state index in [9.17, 15) is 4.79 Å². The molecule has 2 aromatic carbocycles. The van der Waals surface area contributed by atoms with Crippen LogP contribution >= 0.6 is 0 Å². The first-order valence-corrected chi connectivity index (χ1v) is 10.5. The van der Waals surface area contributed by atoms with E-state index in [-0.39, 0.29) is 11.8 Å². The molecule has 0 radical (unpaired) electrons. The van der Waals surface area contributed by atoms with Crippen molar-refractivity contribution in [1.82, 2.24) is 15.1 Å². The van der Waals surface area contributed by atoms with E-state index >= 15 is 0 Å². The Bertz CT molecular complexity index is 719. The largest absolute Gasteiger partial charge is 0.356 e. The lowest BCUT2D eigenvalue weighted by Gasteiger charge is -2.40. The van der Waals surface area contributed by atoms with E-state index in [2.05, 4.69) is 59.4 Å². The summed E-state index contributed by atoms with van der Waals surface area (Å²) in [4.78, 5) is 17.6. The average molecular weight is 380 g/mol. The molecule has 1 saturated heterocycles. The maximum absolute atomic E-state index is 12.6. The van der Waals surface area contributed by atoms with Gasteiger partial charge in [0, 0.05) is 38.8 Å². The van der Waals surface area contributed by atoms with Gasteiger partial charge in [-0.1, -0.05) is 67.6 Å². The summed E-state index contributed by atoms with van der Waals surface area (Å²) >= 11 is 0. The second-order valence-electron chi connectivity index (χ2n) is 7.74. The molecule has 0 unspecified atom stereocenters. The Morgan fingerprint density at radius 2 is 1.75 bits per heavy atom. The fourth-order valence-electron chi connectivity index (χ4n) is 4.09.